The molecule has 0 saturated heterocycles. The Morgan fingerprint density at radius 1 is 1.32 bits per heavy atom. The third kappa shape index (κ3) is 5.75. The van der Waals surface area contributed by atoms with Crippen molar-refractivity contribution in [1.82, 2.24) is 5.32 Å². The van der Waals surface area contributed by atoms with Crippen LogP contribution in [0.5, 0.6) is 5.75 Å². The lowest BCUT2D eigenvalue weighted by molar-refractivity contribution is -0.123. The second-order valence-corrected chi connectivity index (χ2v) is 4.90. The van der Waals surface area contributed by atoms with Crippen molar-refractivity contribution in [3.63, 3.8) is 0 Å². The summed E-state index contributed by atoms with van der Waals surface area (Å²) in [6.07, 6.45) is 2.04. The van der Waals surface area contributed by atoms with E-state index in [9.17, 15) is 4.79 Å². The van der Waals surface area contributed by atoms with Crippen molar-refractivity contribution in [1.29, 1.82) is 0 Å². The van der Waals surface area contributed by atoms with Crippen LogP contribution in [0.4, 0.5) is 0 Å². The predicted octanol–water partition coefficient (Wildman–Crippen LogP) is 2.39. The van der Waals surface area contributed by atoms with Crippen LogP contribution in [0.25, 0.3) is 0 Å². The third-order valence-corrected chi connectivity index (χ3v) is 2.90. The number of amides is 1. The summed E-state index contributed by atoms with van der Waals surface area (Å²) in [7, 11) is 0. The van der Waals surface area contributed by atoms with Crippen molar-refractivity contribution in [2.75, 3.05) is 6.61 Å². The minimum atomic E-state index is -0.0859. The summed E-state index contributed by atoms with van der Waals surface area (Å²) in [5, 5.41) is 2.90. The molecule has 1 aromatic carbocycles. The molecule has 0 aliphatic carbocycles. The molecular formula is C15H24N2O2. The molecule has 0 aliphatic heterocycles. The van der Waals surface area contributed by atoms with Gasteiger partial charge in [-0.3, -0.25) is 4.79 Å². The van der Waals surface area contributed by atoms with E-state index in [0.717, 1.165) is 18.4 Å². The van der Waals surface area contributed by atoms with Crippen LogP contribution in [0.2, 0.25) is 0 Å². The maximum absolute atomic E-state index is 11.6. The lowest BCUT2D eigenvalue weighted by Gasteiger charge is -2.13. The van der Waals surface area contributed by atoms with Crippen molar-refractivity contribution in [2.24, 2.45) is 5.73 Å². The summed E-state index contributed by atoms with van der Waals surface area (Å²) in [5.41, 5.74) is 6.81. The van der Waals surface area contributed by atoms with E-state index >= 15 is 0 Å². The Hall–Kier alpha value is -1.55. The highest BCUT2D eigenvalue weighted by Gasteiger charge is 2.07. The first kappa shape index (κ1) is 15.5. The van der Waals surface area contributed by atoms with Gasteiger partial charge in [-0.1, -0.05) is 25.5 Å². The number of nitrogens with two attached hydrogens (primary N) is 1. The number of ether oxygens (including phenoxy) is 1. The van der Waals surface area contributed by atoms with Crippen LogP contribution >= 0.6 is 0 Å². The van der Waals surface area contributed by atoms with E-state index in [1.807, 2.05) is 38.1 Å². The fourth-order valence-corrected chi connectivity index (χ4v) is 1.84. The quantitative estimate of drug-likeness (QED) is 0.794. The Kier molecular flexibility index (Phi) is 6.36. The lowest BCUT2D eigenvalue weighted by atomic mass is 10.1. The molecule has 2 atom stereocenters. The van der Waals surface area contributed by atoms with Gasteiger partial charge in [0, 0.05) is 12.1 Å². The van der Waals surface area contributed by atoms with Crippen molar-refractivity contribution >= 4 is 5.91 Å². The summed E-state index contributed by atoms with van der Waals surface area (Å²) in [6.45, 7) is 6.07. The van der Waals surface area contributed by atoms with Gasteiger partial charge in [0.05, 0.1) is 0 Å². The van der Waals surface area contributed by atoms with E-state index in [1.54, 1.807) is 0 Å². The van der Waals surface area contributed by atoms with Crippen molar-refractivity contribution < 1.29 is 9.53 Å². The predicted molar refractivity (Wildman–Crippen MR) is 77.1 cm³/mol. The molecule has 0 heterocycles. The van der Waals surface area contributed by atoms with Crippen LogP contribution in [0, 0.1) is 0 Å². The van der Waals surface area contributed by atoms with Crippen LogP contribution in [0.3, 0.4) is 0 Å². The molecule has 0 spiro atoms. The topological polar surface area (TPSA) is 64.3 Å². The molecule has 0 aromatic heterocycles. The van der Waals surface area contributed by atoms with Crippen molar-refractivity contribution in [3.8, 4) is 5.75 Å². The number of hydrogen-bond donors (Lipinski definition) is 2. The first-order valence-electron chi connectivity index (χ1n) is 6.80. The van der Waals surface area contributed by atoms with Gasteiger partial charge in [0.25, 0.3) is 5.91 Å². The van der Waals surface area contributed by atoms with Gasteiger partial charge < -0.3 is 15.8 Å². The zero-order chi connectivity index (χ0) is 14.3. The van der Waals surface area contributed by atoms with Crippen molar-refractivity contribution in [3.05, 3.63) is 29.8 Å². The number of hydrogen-bond acceptors (Lipinski definition) is 3. The lowest BCUT2D eigenvalue weighted by Crippen LogP contribution is -2.35. The average molecular weight is 264 g/mol. The highest BCUT2D eigenvalue weighted by atomic mass is 16.5. The summed E-state index contributed by atoms with van der Waals surface area (Å²) in [5.74, 6) is 0.597. The normalized spacial score (nSPS) is 13.7. The zero-order valence-electron chi connectivity index (χ0n) is 12.0. The molecular weight excluding hydrogens is 240 g/mol. The second kappa shape index (κ2) is 7.79. The number of benzene rings is 1. The van der Waals surface area contributed by atoms with E-state index in [-0.39, 0.29) is 24.6 Å². The second-order valence-electron chi connectivity index (χ2n) is 4.90. The van der Waals surface area contributed by atoms with Crippen LogP contribution in [-0.2, 0) is 4.79 Å². The molecule has 0 fully saturated rings. The minimum absolute atomic E-state index is 0.00671. The van der Waals surface area contributed by atoms with E-state index in [0.29, 0.717) is 5.75 Å². The minimum Gasteiger partial charge on any atom is -0.484 e. The largest absolute Gasteiger partial charge is 0.484 e. The van der Waals surface area contributed by atoms with Gasteiger partial charge in [-0.05, 0) is 38.0 Å². The first-order chi connectivity index (χ1) is 9.02. The standard InChI is InChI=1S/C15H24N2O2/c1-4-5-11(2)17-15(18)10-19-14-8-6-13(7-9-14)12(3)16/h6-9,11-12H,4-5,10,16H2,1-3H3,(H,17,18)/t11?,12-/m1/s1. The van der Waals surface area contributed by atoms with Crippen LogP contribution in [0.15, 0.2) is 24.3 Å². The first-order valence-corrected chi connectivity index (χ1v) is 6.80. The monoisotopic (exact) mass is 264 g/mol. The summed E-state index contributed by atoms with van der Waals surface area (Å²) in [4.78, 5) is 11.6. The average Bonchev–Trinajstić information content (AvgIpc) is 2.37. The van der Waals surface area contributed by atoms with Gasteiger partial charge >= 0.3 is 0 Å². The van der Waals surface area contributed by atoms with Gasteiger partial charge in [0.1, 0.15) is 5.75 Å². The van der Waals surface area contributed by atoms with Crippen LogP contribution in [-0.4, -0.2) is 18.6 Å². The molecule has 0 radical (unpaired) electrons. The molecule has 1 rings (SSSR count). The summed E-state index contributed by atoms with van der Waals surface area (Å²) >= 11 is 0. The molecule has 1 aromatic rings. The van der Waals surface area contributed by atoms with E-state index in [2.05, 4.69) is 12.2 Å². The fraction of sp³-hybridized carbons (Fsp3) is 0.533. The Balaban J connectivity index is 2.37. The SMILES string of the molecule is CCCC(C)NC(=O)COc1ccc([C@@H](C)N)cc1. The van der Waals surface area contributed by atoms with Crippen molar-refractivity contribution in [2.45, 2.75) is 45.7 Å². The van der Waals surface area contributed by atoms with Gasteiger partial charge in [-0.2, -0.15) is 0 Å². The summed E-state index contributed by atoms with van der Waals surface area (Å²) < 4.78 is 5.43. The Morgan fingerprint density at radius 2 is 1.95 bits per heavy atom. The fourth-order valence-electron chi connectivity index (χ4n) is 1.84. The number of nitrogens with one attached hydrogen (secondary N) is 1. The summed E-state index contributed by atoms with van der Waals surface area (Å²) in [6, 6.07) is 7.70. The van der Waals surface area contributed by atoms with Crippen LogP contribution < -0.4 is 15.8 Å². The molecule has 106 valence electrons. The van der Waals surface area contributed by atoms with Crippen LogP contribution in [0.1, 0.15) is 45.2 Å². The molecule has 0 saturated carbocycles. The maximum Gasteiger partial charge on any atom is 0.258 e. The Bertz CT molecular complexity index is 388. The highest BCUT2D eigenvalue weighted by Crippen LogP contribution is 2.15. The van der Waals surface area contributed by atoms with Gasteiger partial charge in [-0.15, -0.1) is 0 Å². The maximum atomic E-state index is 11.6. The molecule has 0 bridgehead atoms. The van der Waals surface area contributed by atoms with Gasteiger partial charge in [0.15, 0.2) is 6.61 Å². The number of carbonyl (C=O) groups is 1. The molecule has 4 nitrogen and oxygen atoms in total. The molecule has 4 heteroatoms. The Labute approximate surface area is 115 Å². The van der Waals surface area contributed by atoms with E-state index in [1.165, 1.54) is 0 Å². The smallest absolute Gasteiger partial charge is 0.258 e. The van der Waals surface area contributed by atoms with Gasteiger partial charge in [0.2, 0.25) is 0 Å². The van der Waals surface area contributed by atoms with E-state index < -0.39 is 0 Å². The number of rotatable bonds is 7. The molecule has 0 aliphatic rings. The van der Waals surface area contributed by atoms with Gasteiger partial charge in [-0.25, -0.2) is 0 Å². The number of carbonyl (C=O) groups excluding carboxylic acids is 1. The molecule has 1 amide bonds. The Morgan fingerprint density at radius 3 is 2.47 bits per heavy atom. The van der Waals surface area contributed by atoms with E-state index in [4.69, 9.17) is 10.5 Å². The molecule has 3 N–H and O–H groups in total. The molecule has 19 heavy (non-hydrogen) atoms. The molecule has 1 unspecified atom stereocenters. The zero-order valence-corrected chi connectivity index (χ0v) is 12.0. The third-order valence-electron chi connectivity index (χ3n) is 2.90. The highest BCUT2D eigenvalue weighted by molar-refractivity contribution is 5.77.